The zero-order valence-electron chi connectivity index (χ0n) is 20.4. The first-order chi connectivity index (χ1) is 17.2. The van der Waals surface area contributed by atoms with Crippen molar-refractivity contribution >= 4 is 22.7 Å². The fourth-order valence-electron chi connectivity index (χ4n) is 4.59. The van der Waals surface area contributed by atoms with E-state index in [2.05, 4.69) is 6.58 Å². The molecule has 2 aliphatic rings. The van der Waals surface area contributed by atoms with Crippen LogP contribution >= 0.6 is 0 Å². The maximum absolute atomic E-state index is 13.9. The lowest BCUT2D eigenvalue weighted by Crippen LogP contribution is -2.32. The van der Waals surface area contributed by atoms with Crippen molar-refractivity contribution in [2.24, 2.45) is 5.92 Å². The van der Waals surface area contributed by atoms with Crippen molar-refractivity contribution < 1.29 is 34.4 Å². The van der Waals surface area contributed by atoms with Crippen LogP contribution in [-0.4, -0.2) is 47.2 Å². The van der Waals surface area contributed by atoms with E-state index in [0.717, 1.165) is 16.7 Å². The lowest BCUT2D eigenvalue weighted by Gasteiger charge is -2.33. The molecule has 2 aromatic rings. The number of ketones is 2. The van der Waals surface area contributed by atoms with Crippen LogP contribution in [0.2, 0.25) is 0 Å². The standard InChI is InChI=1S/C29H28O7/c1-15(2)20-11-18-12-23(36-10-9-16(3)14-30)22(32)13-21(18)26-25(20)27(33)24(29(35-4)28(26)34)17-5-7-19(31)8-6-17/h5-9,12-13,20,30-32H,1,10-11,14H2,2-4H3/b16-9+. The van der Waals surface area contributed by atoms with Gasteiger partial charge in [0, 0.05) is 17.1 Å². The van der Waals surface area contributed by atoms with Crippen LogP contribution in [0.4, 0.5) is 0 Å². The Hall–Kier alpha value is -4.10. The molecule has 0 saturated carbocycles. The molecule has 0 saturated heterocycles. The number of aliphatic hydroxyl groups excluding tert-OH is 1. The normalized spacial score (nSPS) is 17.7. The van der Waals surface area contributed by atoms with Crippen molar-refractivity contribution in [2.45, 2.75) is 20.3 Å². The average Bonchev–Trinajstić information content (AvgIpc) is 2.85. The molecule has 3 N–H and O–H groups in total. The minimum absolute atomic E-state index is 0.0368. The number of benzene rings is 2. The second-order valence-corrected chi connectivity index (χ2v) is 9.00. The van der Waals surface area contributed by atoms with Crippen LogP contribution in [0.5, 0.6) is 17.2 Å². The summed E-state index contributed by atoms with van der Waals surface area (Å²) in [7, 11) is 1.34. The second kappa shape index (κ2) is 9.87. The zero-order valence-corrected chi connectivity index (χ0v) is 20.4. The van der Waals surface area contributed by atoms with E-state index in [0.29, 0.717) is 23.1 Å². The van der Waals surface area contributed by atoms with E-state index in [1.54, 1.807) is 31.2 Å². The van der Waals surface area contributed by atoms with Crippen molar-refractivity contribution in [2.75, 3.05) is 20.3 Å². The van der Waals surface area contributed by atoms with Crippen LogP contribution in [0.25, 0.3) is 11.1 Å². The highest BCUT2D eigenvalue weighted by atomic mass is 16.5. The van der Waals surface area contributed by atoms with E-state index in [-0.39, 0.29) is 53.2 Å². The predicted octanol–water partition coefficient (Wildman–Crippen LogP) is 4.13. The number of aliphatic hydroxyl groups is 1. The Morgan fingerprint density at radius 2 is 1.78 bits per heavy atom. The minimum Gasteiger partial charge on any atom is -0.508 e. The van der Waals surface area contributed by atoms with Gasteiger partial charge in [-0.15, -0.1) is 0 Å². The van der Waals surface area contributed by atoms with E-state index in [1.165, 1.54) is 25.3 Å². The third-order valence-corrected chi connectivity index (χ3v) is 6.50. The number of rotatable bonds is 7. The fourth-order valence-corrected chi connectivity index (χ4v) is 4.59. The van der Waals surface area contributed by atoms with Gasteiger partial charge in [-0.25, -0.2) is 0 Å². The van der Waals surface area contributed by atoms with E-state index in [4.69, 9.17) is 14.6 Å². The van der Waals surface area contributed by atoms with Crippen molar-refractivity contribution in [3.05, 3.63) is 88.2 Å². The molecule has 2 aliphatic carbocycles. The van der Waals surface area contributed by atoms with E-state index >= 15 is 0 Å². The lowest BCUT2D eigenvalue weighted by molar-refractivity contribution is -0.116. The van der Waals surface area contributed by atoms with Crippen LogP contribution in [0.1, 0.15) is 30.5 Å². The number of hydrogen-bond donors (Lipinski definition) is 3. The smallest absolute Gasteiger partial charge is 0.229 e. The lowest BCUT2D eigenvalue weighted by atomic mass is 9.69. The molecule has 7 heteroatoms. The Morgan fingerprint density at radius 3 is 2.39 bits per heavy atom. The Labute approximate surface area is 209 Å². The Kier molecular flexibility index (Phi) is 6.86. The molecule has 186 valence electrons. The van der Waals surface area contributed by atoms with Gasteiger partial charge in [0.25, 0.3) is 0 Å². The van der Waals surface area contributed by atoms with Gasteiger partial charge in [-0.3, -0.25) is 9.59 Å². The number of phenolic OH excluding ortho intramolecular Hbond substituents is 2. The third-order valence-electron chi connectivity index (χ3n) is 6.50. The van der Waals surface area contributed by atoms with Crippen LogP contribution in [0.15, 0.2) is 71.5 Å². The monoisotopic (exact) mass is 488 g/mol. The largest absolute Gasteiger partial charge is 0.508 e. The first kappa shape index (κ1) is 25.0. The van der Waals surface area contributed by atoms with Crippen molar-refractivity contribution in [1.82, 2.24) is 0 Å². The quantitative estimate of drug-likeness (QED) is 0.397. The Bertz CT molecular complexity index is 1360. The van der Waals surface area contributed by atoms with Crippen LogP contribution in [-0.2, 0) is 20.7 Å². The Balaban J connectivity index is 1.85. The number of allylic oxidation sites excluding steroid dienone is 4. The maximum atomic E-state index is 13.9. The number of fused-ring (bicyclic) bond motifs is 2. The summed E-state index contributed by atoms with van der Waals surface area (Å²) in [6.07, 6.45) is 2.11. The van der Waals surface area contributed by atoms with Gasteiger partial charge in [-0.05, 0) is 72.9 Å². The van der Waals surface area contributed by atoms with E-state index in [9.17, 15) is 19.8 Å². The van der Waals surface area contributed by atoms with Crippen LogP contribution < -0.4 is 4.74 Å². The third kappa shape index (κ3) is 4.33. The predicted molar refractivity (Wildman–Crippen MR) is 135 cm³/mol. The molecule has 7 nitrogen and oxygen atoms in total. The summed E-state index contributed by atoms with van der Waals surface area (Å²) < 4.78 is 11.1. The van der Waals surface area contributed by atoms with Crippen LogP contribution in [0.3, 0.4) is 0 Å². The van der Waals surface area contributed by atoms with Crippen molar-refractivity contribution in [1.29, 1.82) is 0 Å². The number of Topliss-reactive ketones (excluding diaryl/α,β-unsaturated/α-hetero) is 2. The summed E-state index contributed by atoms with van der Waals surface area (Å²) in [6, 6.07) is 9.14. The number of aromatic hydroxyl groups is 2. The van der Waals surface area contributed by atoms with Gasteiger partial charge in [0.2, 0.25) is 5.78 Å². The molecule has 36 heavy (non-hydrogen) atoms. The first-order valence-electron chi connectivity index (χ1n) is 11.5. The molecular weight excluding hydrogens is 460 g/mol. The average molecular weight is 489 g/mol. The van der Waals surface area contributed by atoms with Gasteiger partial charge in [-0.2, -0.15) is 0 Å². The highest BCUT2D eigenvalue weighted by Crippen LogP contribution is 2.48. The molecule has 4 rings (SSSR count). The fraction of sp³-hybridized carbons (Fsp3) is 0.241. The molecular formula is C29H28O7. The van der Waals surface area contributed by atoms with Gasteiger partial charge in [0.15, 0.2) is 23.0 Å². The summed E-state index contributed by atoms with van der Waals surface area (Å²) in [4.78, 5) is 27.7. The van der Waals surface area contributed by atoms with Crippen molar-refractivity contribution in [3.8, 4) is 17.2 Å². The topological polar surface area (TPSA) is 113 Å². The molecule has 0 aliphatic heterocycles. The Morgan fingerprint density at radius 1 is 1.08 bits per heavy atom. The van der Waals surface area contributed by atoms with E-state index < -0.39 is 11.7 Å². The summed E-state index contributed by atoms with van der Waals surface area (Å²) in [5.41, 5.74) is 3.74. The molecule has 2 aromatic carbocycles. The van der Waals surface area contributed by atoms with Gasteiger partial charge in [-0.1, -0.05) is 24.3 Å². The number of methoxy groups -OCH3 is 1. The highest BCUT2D eigenvalue weighted by molar-refractivity contribution is 6.48. The van der Waals surface area contributed by atoms with Gasteiger partial charge in [0.05, 0.1) is 19.3 Å². The maximum Gasteiger partial charge on any atom is 0.229 e. The number of hydrogen-bond acceptors (Lipinski definition) is 7. The molecule has 1 atom stereocenters. The van der Waals surface area contributed by atoms with Gasteiger partial charge >= 0.3 is 0 Å². The first-order valence-corrected chi connectivity index (χ1v) is 11.5. The summed E-state index contributed by atoms with van der Waals surface area (Å²) in [6.45, 7) is 7.72. The minimum atomic E-state index is -0.461. The summed E-state index contributed by atoms with van der Waals surface area (Å²) in [5, 5.41) is 29.5. The second-order valence-electron chi connectivity index (χ2n) is 9.00. The molecule has 0 spiro atoms. The molecule has 1 unspecified atom stereocenters. The van der Waals surface area contributed by atoms with E-state index in [1.807, 2.05) is 6.92 Å². The number of ether oxygens (including phenoxy) is 2. The number of carbonyl (C=O) groups is 2. The van der Waals surface area contributed by atoms with Crippen LogP contribution in [0, 0.1) is 5.92 Å². The molecule has 0 radical (unpaired) electrons. The molecule has 0 heterocycles. The SMILES string of the molecule is C=C(C)C1Cc2cc(OC/C=C(\C)CO)c(O)cc2C2=C1C(=O)C(c1ccc(O)cc1)=C(OC)C2=O. The molecule has 0 amide bonds. The van der Waals surface area contributed by atoms with Gasteiger partial charge < -0.3 is 24.8 Å². The summed E-state index contributed by atoms with van der Waals surface area (Å²) in [5.74, 6) is -1.23. The highest BCUT2D eigenvalue weighted by Gasteiger charge is 2.43. The zero-order chi connectivity index (χ0) is 26.1. The molecule has 0 aromatic heterocycles. The van der Waals surface area contributed by atoms with Gasteiger partial charge in [0.1, 0.15) is 12.4 Å². The molecule has 0 fully saturated rings. The number of carbonyl (C=O) groups excluding carboxylic acids is 2. The van der Waals surface area contributed by atoms with Crippen molar-refractivity contribution in [3.63, 3.8) is 0 Å². The molecule has 0 bridgehead atoms. The summed E-state index contributed by atoms with van der Waals surface area (Å²) >= 11 is 0. The number of phenols is 2.